The molecule has 2 atom stereocenters. The molecule has 1 aromatic heterocycles. The lowest BCUT2D eigenvalue weighted by atomic mass is 9.96. The molecule has 0 bridgehead atoms. The Morgan fingerprint density at radius 3 is 3.42 bits per heavy atom. The van der Waals surface area contributed by atoms with Crippen LogP contribution >= 0.6 is 0 Å². The summed E-state index contributed by atoms with van der Waals surface area (Å²) in [6, 6.07) is 0. The first-order valence-corrected chi connectivity index (χ1v) is 4.39. The quantitative estimate of drug-likeness (QED) is 0.571. The molecule has 0 spiro atoms. The lowest BCUT2D eigenvalue weighted by Gasteiger charge is -2.18. The standard InChI is InChI=1S/C8H10N4/c1-2-6-4-10-12-5-9-11-8(12)7(6)3-1/h4-7H,1-3H2. The van der Waals surface area contributed by atoms with Gasteiger partial charge in [0.25, 0.3) is 0 Å². The minimum atomic E-state index is 0.588. The predicted octanol–water partition coefficient (Wildman–Crippen LogP) is 1.01. The van der Waals surface area contributed by atoms with Crippen LogP contribution < -0.4 is 0 Å². The molecule has 1 fully saturated rings. The van der Waals surface area contributed by atoms with Crippen molar-refractivity contribution < 1.29 is 0 Å². The Hall–Kier alpha value is -1.19. The highest BCUT2D eigenvalue weighted by Crippen LogP contribution is 2.39. The van der Waals surface area contributed by atoms with E-state index in [-0.39, 0.29) is 0 Å². The number of nitrogens with zero attached hydrogens (tertiary/aromatic N) is 4. The van der Waals surface area contributed by atoms with Crippen molar-refractivity contribution in [2.24, 2.45) is 11.0 Å². The second kappa shape index (κ2) is 2.15. The van der Waals surface area contributed by atoms with Crippen molar-refractivity contribution in [3.63, 3.8) is 0 Å². The maximum Gasteiger partial charge on any atom is 0.157 e. The molecule has 3 rings (SSSR count). The van der Waals surface area contributed by atoms with E-state index in [1.54, 1.807) is 11.0 Å². The fourth-order valence-electron chi connectivity index (χ4n) is 2.22. The molecule has 1 aliphatic carbocycles. The number of rotatable bonds is 0. The summed E-state index contributed by atoms with van der Waals surface area (Å²) in [6.07, 6.45) is 7.54. The van der Waals surface area contributed by atoms with Gasteiger partial charge in [-0.05, 0) is 12.8 Å². The third kappa shape index (κ3) is 0.695. The summed E-state index contributed by atoms with van der Waals surface area (Å²) in [7, 11) is 0. The minimum absolute atomic E-state index is 0.588. The summed E-state index contributed by atoms with van der Waals surface area (Å²) in [5.41, 5.74) is 0. The first-order chi connectivity index (χ1) is 5.95. The SMILES string of the molecule is C1=Nn2cnnc2C2CCCC12. The summed E-state index contributed by atoms with van der Waals surface area (Å²) in [5.74, 6) is 2.27. The average Bonchev–Trinajstić information content (AvgIpc) is 2.71. The van der Waals surface area contributed by atoms with Gasteiger partial charge in [-0.2, -0.15) is 5.10 Å². The van der Waals surface area contributed by atoms with Gasteiger partial charge in [0.15, 0.2) is 5.82 Å². The van der Waals surface area contributed by atoms with Gasteiger partial charge in [-0.3, -0.25) is 0 Å². The summed E-state index contributed by atoms with van der Waals surface area (Å²) in [4.78, 5) is 0. The van der Waals surface area contributed by atoms with Gasteiger partial charge in [0.05, 0.1) is 0 Å². The van der Waals surface area contributed by atoms with Crippen molar-refractivity contribution in [1.29, 1.82) is 0 Å². The van der Waals surface area contributed by atoms with E-state index in [1.807, 2.05) is 6.21 Å². The molecule has 1 aromatic rings. The van der Waals surface area contributed by atoms with E-state index < -0.39 is 0 Å². The molecule has 2 unspecified atom stereocenters. The van der Waals surface area contributed by atoms with Crippen LogP contribution in [0.2, 0.25) is 0 Å². The molecule has 12 heavy (non-hydrogen) atoms. The molecule has 0 N–H and O–H groups in total. The second-order valence-electron chi connectivity index (χ2n) is 3.50. The zero-order chi connectivity index (χ0) is 7.97. The van der Waals surface area contributed by atoms with Gasteiger partial charge in [-0.15, -0.1) is 10.2 Å². The first-order valence-electron chi connectivity index (χ1n) is 4.39. The molecule has 0 saturated heterocycles. The first kappa shape index (κ1) is 6.34. The lowest BCUT2D eigenvalue weighted by Crippen LogP contribution is -2.17. The van der Waals surface area contributed by atoms with Crippen molar-refractivity contribution in [1.82, 2.24) is 14.9 Å². The van der Waals surface area contributed by atoms with Crippen LogP contribution in [0.15, 0.2) is 11.4 Å². The van der Waals surface area contributed by atoms with Gasteiger partial charge in [0.2, 0.25) is 0 Å². The number of hydrogen-bond acceptors (Lipinski definition) is 3. The highest BCUT2D eigenvalue weighted by Gasteiger charge is 2.33. The molecular weight excluding hydrogens is 152 g/mol. The van der Waals surface area contributed by atoms with Crippen LogP contribution in [0, 0.1) is 5.92 Å². The molecule has 62 valence electrons. The Balaban J connectivity index is 2.12. The Bertz CT molecular complexity index is 328. The van der Waals surface area contributed by atoms with E-state index in [2.05, 4.69) is 15.3 Å². The maximum absolute atomic E-state index is 4.26. The minimum Gasteiger partial charge on any atom is -0.204 e. The predicted molar refractivity (Wildman–Crippen MR) is 44.0 cm³/mol. The summed E-state index contributed by atoms with van der Waals surface area (Å²) in [5, 5.41) is 12.2. The molecule has 4 nitrogen and oxygen atoms in total. The van der Waals surface area contributed by atoms with Crippen molar-refractivity contribution in [2.45, 2.75) is 25.2 Å². The van der Waals surface area contributed by atoms with Crippen molar-refractivity contribution >= 4 is 6.21 Å². The Labute approximate surface area is 70.3 Å². The number of hydrogen-bond donors (Lipinski definition) is 0. The second-order valence-corrected chi connectivity index (χ2v) is 3.50. The third-order valence-electron chi connectivity index (χ3n) is 2.84. The number of aromatic nitrogens is 3. The Morgan fingerprint density at radius 2 is 2.42 bits per heavy atom. The van der Waals surface area contributed by atoms with Gasteiger partial charge in [-0.1, -0.05) is 6.42 Å². The van der Waals surface area contributed by atoms with E-state index >= 15 is 0 Å². The van der Waals surface area contributed by atoms with Crippen LogP contribution in [0.5, 0.6) is 0 Å². The van der Waals surface area contributed by atoms with Gasteiger partial charge < -0.3 is 0 Å². The van der Waals surface area contributed by atoms with E-state index in [0.29, 0.717) is 11.8 Å². The largest absolute Gasteiger partial charge is 0.204 e. The zero-order valence-corrected chi connectivity index (χ0v) is 6.72. The van der Waals surface area contributed by atoms with Crippen molar-refractivity contribution in [2.75, 3.05) is 0 Å². The molecule has 1 saturated carbocycles. The van der Waals surface area contributed by atoms with Crippen molar-refractivity contribution in [3.05, 3.63) is 12.2 Å². The summed E-state index contributed by atoms with van der Waals surface area (Å²) >= 11 is 0. The van der Waals surface area contributed by atoms with Crippen molar-refractivity contribution in [3.8, 4) is 0 Å². The summed E-state index contributed by atoms with van der Waals surface area (Å²) in [6.45, 7) is 0. The highest BCUT2D eigenvalue weighted by atomic mass is 15.4. The summed E-state index contributed by atoms with van der Waals surface area (Å²) < 4.78 is 1.80. The van der Waals surface area contributed by atoms with Crippen LogP contribution in [-0.4, -0.2) is 21.1 Å². The maximum atomic E-state index is 4.26. The van der Waals surface area contributed by atoms with Gasteiger partial charge >= 0.3 is 0 Å². The normalized spacial score (nSPS) is 31.7. The van der Waals surface area contributed by atoms with Crippen LogP contribution in [0.4, 0.5) is 0 Å². The molecular formula is C8H10N4. The Morgan fingerprint density at radius 1 is 1.42 bits per heavy atom. The molecule has 0 aromatic carbocycles. The lowest BCUT2D eigenvalue weighted by molar-refractivity contribution is 0.540. The fourth-order valence-corrected chi connectivity index (χ4v) is 2.22. The van der Waals surface area contributed by atoms with E-state index in [4.69, 9.17) is 0 Å². The molecule has 4 heteroatoms. The monoisotopic (exact) mass is 162 g/mol. The van der Waals surface area contributed by atoms with Crippen LogP contribution in [0.3, 0.4) is 0 Å². The van der Waals surface area contributed by atoms with Gasteiger partial charge in [0.1, 0.15) is 6.33 Å². The van der Waals surface area contributed by atoms with Crippen LogP contribution in [0.1, 0.15) is 31.0 Å². The topological polar surface area (TPSA) is 43.1 Å². The average molecular weight is 162 g/mol. The third-order valence-corrected chi connectivity index (χ3v) is 2.84. The van der Waals surface area contributed by atoms with Crippen LogP contribution in [-0.2, 0) is 0 Å². The van der Waals surface area contributed by atoms with E-state index in [0.717, 1.165) is 5.82 Å². The molecule has 2 heterocycles. The van der Waals surface area contributed by atoms with Gasteiger partial charge in [0, 0.05) is 18.1 Å². The molecule has 2 aliphatic rings. The molecule has 0 amide bonds. The van der Waals surface area contributed by atoms with E-state index in [9.17, 15) is 0 Å². The van der Waals surface area contributed by atoms with E-state index in [1.165, 1.54) is 19.3 Å². The van der Waals surface area contributed by atoms with Crippen LogP contribution in [0.25, 0.3) is 0 Å². The number of fused-ring (bicyclic) bond motifs is 3. The highest BCUT2D eigenvalue weighted by molar-refractivity contribution is 5.63. The molecule has 0 radical (unpaired) electrons. The van der Waals surface area contributed by atoms with Gasteiger partial charge in [-0.25, -0.2) is 4.68 Å². The zero-order valence-electron chi connectivity index (χ0n) is 6.72. The molecule has 1 aliphatic heterocycles. The Kier molecular flexibility index (Phi) is 1.14. The fraction of sp³-hybridized carbons (Fsp3) is 0.625. The smallest absolute Gasteiger partial charge is 0.157 e.